The first-order valence-electron chi connectivity index (χ1n) is 7.44. The molecule has 1 heterocycles. The zero-order chi connectivity index (χ0) is 14.4. The van der Waals surface area contributed by atoms with E-state index in [2.05, 4.69) is 0 Å². The maximum Gasteiger partial charge on any atom is 0.164 e. The van der Waals surface area contributed by atoms with Crippen LogP contribution in [0.4, 0.5) is 4.39 Å². The monoisotopic (exact) mass is 282 g/mol. The molecule has 1 unspecified atom stereocenters. The molecule has 0 saturated carbocycles. The summed E-state index contributed by atoms with van der Waals surface area (Å²) in [5, 5.41) is 0. The van der Waals surface area contributed by atoms with Crippen molar-refractivity contribution < 1.29 is 18.6 Å². The van der Waals surface area contributed by atoms with E-state index in [1.807, 2.05) is 13.8 Å². The average Bonchev–Trinajstić information content (AvgIpc) is 3.26. The number of benzene rings is 1. The Morgan fingerprint density at radius 2 is 1.75 bits per heavy atom. The predicted molar refractivity (Wildman–Crippen MR) is 76.0 cm³/mol. The van der Waals surface area contributed by atoms with E-state index in [0.29, 0.717) is 42.8 Å². The van der Waals surface area contributed by atoms with Gasteiger partial charge in [0.1, 0.15) is 5.82 Å². The summed E-state index contributed by atoms with van der Waals surface area (Å²) in [7, 11) is 0. The Bertz CT molecular complexity index is 430. The second-order valence-electron chi connectivity index (χ2n) is 5.08. The molecular formula is C16H23FO3. The van der Waals surface area contributed by atoms with Gasteiger partial charge in [-0.15, -0.1) is 0 Å². The first kappa shape index (κ1) is 15.1. The van der Waals surface area contributed by atoms with E-state index >= 15 is 0 Å². The van der Waals surface area contributed by atoms with Gasteiger partial charge in [0.15, 0.2) is 11.5 Å². The van der Waals surface area contributed by atoms with Gasteiger partial charge < -0.3 is 14.2 Å². The van der Waals surface area contributed by atoms with Gasteiger partial charge in [-0.1, -0.05) is 13.8 Å². The summed E-state index contributed by atoms with van der Waals surface area (Å²) >= 11 is 0. The normalized spacial score (nSPS) is 17.1. The highest BCUT2D eigenvalue weighted by Gasteiger charge is 2.23. The van der Waals surface area contributed by atoms with E-state index in [0.717, 1.165) is 25.9 Å². The maximum absolute atomic E-state index is 14.1. The van der Waals surface area contributed by atoms with Crippen LogP contribution in [0.15, 0.2) is 12.1 Å². The summed E-state index contributed by atoms with van der Waals surface area (Å²) in [6.45, 7) is 6.05. The van der Waals surface area contributed by atoms with E-state index in [1.165, 1.54) is 6.07 Å². The molecule has 0 N–H and O–H groups in total. The van der Waals surface area contributed by atoms with Gasteiger partial charge in [0.25, 0.3) is 0 Å². The van der Waals surface area contributed by atoms with Crippen molar-refractivity contribution in [2.24, 2.45) is 0 Å². The van der Waals surface area contributed by atoms with Crippen molar-refractivity contribution in [1.29, 1.82) is 0 Å². The standard InChI is InChI=1S/C16H23FO3/c1-3-7-18-15-9-12(5-6-13-11-20-13)14(17)10-16(15)19-8-4-2/h9-10,13H,3-8,11H2,1-2H3. The Labute approximate surface area is 120 Å². The van der Waals surface area contributed by atoms with Crippen LogP contribution in [0.3, 0.4) is 0 Å². The minimum atomic E-state index is -0.222. The summed E-state index contributed by atoms with van der Waals surface area (Å²) < 4.78 is 30.5. The fourth-order valence-corrected chi connectivity index (χ4v) is 1.97. The lowest BCUT2D eigenvalue weighted by Gasteiger charge is -2.14. The van der Waals surface area contributed by atoms with Crippen LogP contribution in [-0.4, -0.2) is 25.9 Å². The zero-order valence-electron chi connectivity index (χ0n) is 12.3. The Kier molecular flexibility index (Phi) is 5.65. The molecule has 20 heavy (non-hydrogen) atoms. The maximum atomic E-state index is 14.1. The predicted octanol–water partition coefficient (Wildman–Crippen LogP) is 3.73. The van der Waals surface area contributed by atoms with Crippen LogP contribution < -0.4 is 9.47 Å². The summed E-state index contributed by atoms with van der Waals surface area (Å²) in [6.07, 6.45) is 3.64. The van der Waals surface area contributed by atoms with Crippen LogP contribution in [0.5, 0.6) is 11.5 Å². The smallest absolute Gasteiger partial charge is 0.164 e. The summed E-state index contributed by atoms with van der Waals surface area (Å²) in [4.78, 5) is 0. The molecule has 1 aromatic rings. The molecule has 1 saturated heterocycles. The third-order valence-electron chi connectivity index (χ3n) is 3.17. The molecule has 0 aromatic heterocycles. The number of epoxide rings is 1. The van der Waals surface area contributed by atoms with Gasteiger partial charge in [0.05, 0.1) is 25.9 Å². The second-order valence-corrected chi connectivity index (χ2v) is 5.08. The lowest BCUT2D eigenvalue weighted by Crippen LogP contribution is -2.04. The third kappa shape index (κ3) is 4.37. The molecule has 0 radical (unpaired) electrons. The van der Waals surface area contributed by atoms with E-state index in [-0.39, 0.29) is 5.82 Å². The van der Waals surface area contributed by atoms with Crippen LogP contribution in [0.2, 0.25) is 0 Å². The minimum absolute atomic E-state index is 0.222. The molecule has 4 heteroatoms. The van der Waals surface area contributed by atoms with E-state index in [1.54, 1.807) is 6.07 Å². The first-order valence-corrected chi connectivity index (χ1v) is 7.44. The van der Waals surface area contributed by atoms with Crippen molar-refractivity contribution in [3.05, 3.63) is 23.5 Å². The highest BCUT2D eigenvalue weighted by Crippen LogP contribution is 2.32. The van der Waals surface area contributed by atoms with Gasteiger partial charge >= 0.3 is 0 Å². The molecule has 1 aromatic carbocycles. The molecule has 1 aliphatic rings. The number of rotatable bonds is 9. The number of hydrogen-bond acceptors (Lipinski definition) is 3. The number of hydrogen-bond donors (Lipinski definition) is 0. The molecule has 0 aliphatic carbocycles. The third-order valence-corrected chi connectivity index (χ3v) is 3.17. The van der Waals surface area contributed by atoms with Crippen molar-refractivity contribution in [2.45, 2.75) is 45.6 Å². The van der Waals surface area contributed by atoms with Crippen LogP contribution in [0.25, 0.3) is 0 Å². The topological polar surface area (TPSA) is 31.0 Å². The minimum Gasteiger partial charge on any atom is -0.490 e. The fourth-order valence-electron chi connectivity index (χ4n) is 1.97. The SMILES string of the molecule is CCCOc1cc(F)c(CCC2CO2)cc1OCCC. The van der Waals surface area contributed by atoms with Gasteiger partial charge in [-0.3, -0.25) is 0 Å². The zero-order valence-corrected chi connectivity index (χ0v) is 12.3. The molecule has 0 amide bonds. The average molecular weight is 282 g/mol. The quantitative estimate of drug-likeness (QED) is 0.647. The van der Waals surface area contributed by atoms with Gasteiger partial charge in [0, 0.05) is 6.07 Å². The van der Waals surface area contributed by atoms with Gasteiger partial charge in [-0.25, -0.2) is 4.39 Å². The van der Waals surface area contributed by atoms with E-state index in [9.17, 15) is 4.39 Å². The molecule has 3 nitrogen and oxygen atoms in total. The van der Waals surface area contributed by atoms with Crippen LogP contribution in [0.1, 0.15) is 38.7 Å². The molecule has 1 aliphatic heterocycles. The Morgan fingerprint density at radius 1 is 1.15 bits per heavy atom. The van der Waals surface area contributed by atoms with Gasteiger partial charge in [0.2, 0.25) is 0 Å². The molecule has 0 bridgehead atoms. The van der Waals surface area contributed by atoms with Crippen LogP contribution in [0, 0.1) is 5.82 Å². The Hall–Kier alpha value is -1.29. The number of aryl methyl sites for hydroxylation is 1. The van der Waals surface area contributed by atoms with Crippen molar-refractivity contribution in [1.82, 2.24) is 0 Å². The first-order chi connectivity index (χ1) is 9.74. The van der Waals surface area contributed by atoms with Gasteiger partial charge in [-0.05, 0) is 37.3 Å². The second kappa shape index (κ2) is 7.48. The summed E-state index contributed by atoms with van der Waals surface area (Å²) in [6, 6.07) is 3.22. The fraction of sp³-hybridized carbons (Fsp3) is 0.625. The van der Waals surface area contributed by atoms with Gasteiger partial charge in [-0.2, -0.15) is 0 Å². The molecule has 2 rings (SSSR count). The number of halogens is 1. The van der Waals surface area contributed by atoms with Crippen molar-refractivity contribution in [3.8, 4) is 11.5 Å². The molecule has 1 fully saturated rings. The highest BCUT2D eigenvalue weighted by molar-refractivity contribution is 5.44. The lowest BCUT2D eigenvalue weighted by atomic mass is 10.1. The van der Waals surface area contributed by atoms with Crippen molar-refractivity contribution in [3.63, 3.8) is 0 Å². The summed E-state index contributed by atoms with van der Waals surface area (Å²) in [5.41, 5.74) is 0.676. The molecule has 112 valence electrons. The largest absolute Gasteiger partial charge is 0.490 e. The van der Waals surface area contributed by atoms with Crippen LogP contribution in [-0.2, 0) is 11.2 Å². The van der Waals surface area contributed by atoms with Crippen LogP contribution >= 0.6 is 0 Å². The Balaban J connectivity index is 2.10. The lowest BCUT2D eigenvalue weighted by molar-refractivity contribution is 0.266. The van der Waals surface area contributed by atoms with E-state index in [4.69, 9.17) is 14.2 Å². The molecule has 1 atom stereocenters. The highest BCUT2D eigenvalue weighted by atomic mass is 19.1. The molecule has 0 spiro atoms. The number of ether oxygens (including phenoxy) is 3. The molecular weight excluding hydrogens is 259 g/mol. The van der Waals surface area contributed by atoms with Crippen molar-refractivity contribution >= 4 is 0 Å². The summed E-state index contributed by atoms with van der Waals surface area (Å²) in [5.74, 6) is 0.929. The Morgan fingerprint density at radius 3 is 2.30 bits per heavy atom. The van der Waals surface area contributed by atoms with Crippen molar-refractivity contribution in [2.75, 3.05) is 19.8 Å². The van der Waals surface area contributed by atoms with E-state index < -0.39 is 0 Å².